The van der Waals surface area contributed by atoms with E-state index < -0.39 is 0 Å². The van der Waals surface area contributed by atoms with E-state index in [0.29, 0.717) is 0 Å². The van der Waals surface area contributed by atoms with Crippen molar-refractivity contribution in [3.63, 3.8) is 0 Å². The number of nitrogens with one attached hydrogen (secondary N) is 2. The number of para-hydroxylation sites is 1. The minimum Gasteiger partial charge on any atom is -0.358 e. The molecule has 1 atom stereocenters. The van der Waals surface area contributed by atoms with Crippen molar-refractivity contribution in [2.45, 2.75) is 13.0 Å². The summed E-state index contributed by atoms with van der Waals surface area (Å²) in [7, 11) is 0. The number of aromatic nitrogens is 1. The fraction of sp³-hybridized carbons (Fsp3) is 0.125. The van der Waals surface area contributed by atoms with Crippen molar-refractivity contribution >= 4 is 10.9 Å². The van der Waals surface area contributed by atoms with Gasteiger partial charge in [0.05, 0.1) is 6.04 Å². The number of rotatable bonds is 3. The van der Waals surface area contributed by atoms with Crippen LogP contribution in [-0.2, 0) is 0 Å². The largest absolute Gasteiger partial charge is 0.358 e. The summed E-state index contributed by atoms with van der Waals surface area (Å²) in [5, 5.41) is 10.7. The number of H-pyrrole nitrogens is 1. The zero-order valence-corrected chi connectivity index (χ0v) is 10.7. The van der Waals surface area contributed by atoms with Crippen molar-refractivity contribution in [3.8, 4) is 0 Å². The maximum Gasteiger partial charge on any atom is 0.0842 e. The van der Waals surface area contributed by atoms with Gasteiger partial charge >= 0.3 is 0 Å². The molecular formula is C16H16N2O. The molecule has 2 aromatic carbocycles. The second-order valence-electron chi connectivity index (χ2n) is 4.68. The highest BCUT2D eigenvalue weighted by Crippen LogP contribution is 2.31. The summed E-state index contributed by atoms with van der Waals surface area (Å²) in [6.45, 7) is 2.03. The van der Waals surface area contributed by atoms with Crippen LogP contribution < -0.4 is 5.48 Å². The van der Waals surface area contributed by atoms with Crippen LogP contribution in [0.1, 0.15) is 22.9 Å². The molecule has 0 aliphatic carbocycles. The van der Waals surface area contributed by atoms with Crippen LogP contribution in [0, 0.1) is 6.92 Å². The van der Waals surface area contributed by atoms with Gasteiger partial charge in [0.15, 0.2) is 0 Å². The van der Waals surface area contributed by atoms with Gasteiger partial charge in [0.2, 0.25) is 0 Å². The molecule has 1 aromatic heterocycles. The van der Waals surface area contributed by atoms with Gasteiger partial charge in [-0.05, 0) is 18.6 Å². The fourth-order valence-corrected chi connectivity index (χ4v) is 2.62. The van der Waals surface area contributed by atoms with E-state index in [1.54, 1.807) is 0 Å². The lowest BCUT2D eigenvalue weighted by Crippen LogP contribution is -2.18. The van der Waals surface area contributed by atoms with Crippen LogP contribution in [0.25, 0.3) is 10.9 Å². The highest BCUT2D eigenvalue weighted by Gasteiger charge is 2.19. The maximum absolute atomic E-state index is 9.57. The second-order valence-corrected chi connectivity index (χ2v) is 4.68. The Balaban J connectivity index is 2.19. The molecule has 3 N–H and O–H groups in total. The SMILES string of the molecule is Cc1[nH]c2ccccc2c1C(NO)c1ccccc1. The van der Waals surface area contributed by atoms with Crippen LogP contribution in [0.4, 0.5) is 0 Å². The monoisotopic (exact) mass is 252 g/mol. The summed E-state index contributed by atoms with van der Waals surface area (Å²) < 4.78 is 0. The molecule has 0 saturated carbocycles. The summed E-state index contributed by atoms with van der Waals surface area (Å²) in [6, 6.07) is 17.9. The molecule has 0 fully saturated rings. The van der Waals surface area contributed by atoms with E-state index in [-0.39, 0.29) is 6.04 Å². The Bertz CT molecular complexity index is 688. The number of benzene rings is 2. The Morgan fingerprint density at radius 1 is 1.00 bits per heavy atom. The highest BCUT2D eigenvalue weighted by molar-refractivity contribution is 5.85. The molecule has 0 amide bonds. The van der Waals surface area contributed by atoms with E-state index >= 15 is 0 Å². The third-order valence-corrected chi connectivity index (χ3v) is 3.49. The first-order valence-corrected chi connectivity index (χ1v) is 6.33. The molecule has 0 spiro atoms. The van der Waals surface area contributed by atoms with Crippen molar-refractivity contribution in [1.82, 2.24) is 10.5 Å². The number of hydroxylamine groups is 1. The average Bonchev–Trinajstić information content (AvgIpc) is 2.78. The van der Waals surface area contributed by atoms with Crippen molar-refractivity contribution in [1.29, 1.82) is 0 Å². The van der Waals surface area contributed by atoms with Crippen molar-refractivity contribution in [3.05, 3.63) is 71.4 Å². The minimum atomic E-state index is -0.225. The minimum absolute atomic E-state index is 0.225. The van der Waals surface area contributed by atoms with Crippen molar-refractivity contribution < 1.29 is 5.21 Å². The first-order chi connectivity index (χ1) is 9.31. The number of fused-ring (bicyclic) bond motifs is 1. The average molecular weight is 252 g/mol. The second kappa shape index (κ2) is 4.88. The van der Waals surface area contributed by atoms with Gasteiger partial charge in [0, 0.05) is 22.2 Å². The van der Waals surface area contributed by atoms with E-state index in [9.17, 15) is 5.21 Å². The number of hydrogen-bond donors (Lipinski definition) is 3. The van der Waals surface area contributed by atoms with E-state index in [1.807, 2.05) is 55.5 Å². The molecule has 0 aliphatic rings. The van der Waals surface area contributed by atoms with Crippen LogP contribution >= 0.6 is 0 Å². The summed E-state index contributed by atoms with van der Waals surface area (Å²) in [5.41, 5.74) is 6.72. The third kappa shape index (κ3) is 2.03. The van der Waals surface area contributed by atoms with E-state index in [1.165, 1.54) is 0 Å². The molecule has 96 valence electrons. The van der Waals surface area contributed by atoms with Gasteiger partial charge in [-0.25, -0.2) is 0 Å². The molecule has 3 nitrogen and oxygen atoms in total. The van der Waals surface area contributed by atoms with Gasteiger partial charge in [-0.1, -0.05) is 48.5 Å². The van der Waals surface area contributed by atoms with Crippen molar-refractivity contribution in [2.24, 2.45) is 0 Å². The van der Waals surface area contributed by atoms with Crippen LogP contribution in [0.5, 0.6) is 0 Å². The molecule has 1 heterocycles. The lowest BCUT2D eigenvalue weighted by molar-refractivity contribution is 0.141. The Morgan fingerprint density at radius 2 is 1.68 bits per heavy atom. The summed E-state index contributed by atoms with van der Waals surface area (Å²) in [6.07, 6.45) is 0. The lowest BCUT2D eigenvalue weighted by Gasteiger charge is -2.16. The van der Waals surface area contributed by atoms with Crippen LogP contribution in [0.3, 0.4) is 0 Å². The summed E-state index contributed by atoms with van der Waals surface area (Å²) in [5.74, 6) is 0. The van der Waals surface area contributed by atoms with Gasteiger partial charge in [-0.15, -0.1) is 0 Å². The van der Waals surface area contributed by atoms with Gasteiger partial charge in [0.1, 0.15) is 0 Å². The molecule has 19 heavy (non-hydrogen) atoms. The molecule has 0 aliphatic heterocycles. The lowest BCUT2D eigenvalue weighted by atomic mass is 9.97. The Labute approximate surface area is 111 Å². The van der Waals surface area contributed by atoms with Gasteiger partial charge in [0.25, 0.3) is 0 Å². The van der Waals surface area contributed by atoms with Crippen molar-refractivity contribution in [2.75, 3.05) is 0 Å². The Hall–Kier alpha value is -2.10. The van der Waals surface area contributed by atoms with E-state index in [2.05, 4.69) is 16.5 Å². The van der Waals surface area contributed by atoms with Gasteiger partial charge in [-0.2, -0.15) is 5.48 Å². The molecule has 3 heteroatoms. The normalized spacial score (nSPS) is 12.7. The highest BCUT2D eigenvalue weighted by atomic mass is 16.5. The van der Waals surface area contributed by atoms with E-state index in [4.69, 9.17) is 0 Å². The van der Waals surface area contributed by atoms with Gasteiger partial charge in [-0.3, -0.25) is 0 Å². The zero-order chi connectivity index (χ0) is 13.2. The number of hydrogen-bond acceptors (Lipinski definition) is 2. The smallest absolute Gasteiger partial charge is 0.0842 e. The van der Waals surface area contributed by atoms with Gasteiger partial charge < -0.3 is 10.2 Å². The first kappa shape index (κ1) is 12.0. The topological polar surface area (TPSA) is 48.0 Å². The van der Waals surface area contributed by atoms with Crippen LogP contribution in [0.15, 0.2) is 54.6 Å². The molecular weight excluding hydrogens is 236 g/mol. The molecule has 1 unspecified atom stereocenters. The standard InChI is InChI=1S/C16H16N2O/c1-11-15(13-9-5-6-10-14(13)17-11)16(18-19)12-7-3-2-4-8-12/h2-10,16-19H,1H3. The Kier molecular flexibility index (Phi) is 3.07. The van der Waals surface area contributed by atoms with Crippen LogP contribution in [-0.4, -0.2) is 10.2 Å². The zero-order valence-electron chi connectivity index (χ0n) is 10.7. The predicted octanol–water partition coefficient (Wildman–Crippen LogP) is 3.54. The quantitative estimate of drug-likeness (QED) is 0.624. The summed E-state index contributed by atoms with van der Waals surface area (Å²) in [4.78, 5) is 3.36. The molecule has 0 saturated heterocycles. The molecule has 3 rings (SSSR count). The Morgan fingerprint density at radius 3 is 2.42 bits per heavy atom. The number of aromatic amines is 1. The van der Waals surface area contributed by atoms with Crippen LogP contribution in [0.2, 0.25) is 0 Å². The fourth-order valence-electron chi connectivity index (χ4n) is 2.62. The predicted molar refractivity (Wildman–Crippen MR) is 76.2 cm³/mol. The number of aryl methyl sites for hydroxylation is 1. The first-order valence-electron chi connectivity index (χ1n) is 6.33. The molecule has 0 bridgehead atoms. The summed E-state index contributed by atoms with van der Waals surface area (Å²) >= 11 is 0. The maximum atomic E-state index is 9.57. The molecule has 3 aromatic rings. The third-order valence-electron chi connectivity index (χ3n) is 3.49. The molecule has 0 radical (unpaired) electrons. The van der Waals surface area contributed by atoms with E-state index in [0.717, 1.165) is 27.7 Å².